The van der Waals surface area contributed by atoms with Gasteiger partial charge in [-0.2, -0.15) is 0 Å². The summed E-state index contributed by atoms with van der Waals surface area (Å²) < 4.78 is 0. The summed E-state index contributed by atoms with van der Waals surface area (Å²) in [6.07, 6.45) is 1.71. The number of carbonyl (C=O) groups excluding carboxylic acids is 2. The number of likely N-dealkylation sites (tertiary alicyclic amines) is 1. The fourth-order valence-electron chi connectivity index (χ4n) is 3.22. The van der Waals surface area contributed by atoms with E-state index in [9.17, 15) is 9.59 Å². The lowest BCUT2D eigenvalue weighted by Crippen LogP contribution is -2.47. The Morgan fingerprint density at radius 3 is 2.31 bits per heavy atom. The van der Waals surface area contributed by atoms with Crippen LogP contribution in [-0.2, 0) is 16.1 Å². The Morgan fingerprint density at radius 2 is 1.62 bits per heavy atom. The molecular weight excluding hydrogens is 326 g/mol. The van der Waals surface area contributed by atoms with Crippen LogP contribution in [0, 0.1) is 6.92 Å². The molecule has 1 aliphatic rings. The van der Waals surface area contributed by atoms with Gasteiger partial charge in [-0.05, 0) is 37.0 Å². The molecule has 0 atom stereocenters. The molecule has 0 aromatic heterocycles. The Bertz CT molecular complexity index is 753. The van der Waals surface area contributed by atoms with Crippen molar-refractivity contribution in [3.05, 3.63) is 65.7 Å². The molecule has 0 aliphatic carbocycles. The summed E-state index contributed by atoms with van der Waals surface area (Å²) in [5.74, 6) is -1.17. The Kier molecular flexibility index (Phi) is 6.02. The van der Waals surface area contributed by atoms with Gasteiger partial charge in [0.1, 0.15) is 0 Å². The molecule has 2 aromatic carbocycles. The average Bonchev–Trinajstić information content (AvgIpc) is 2.66. The number of para-hydroxylation sites is 1. The van der Waals surface area contributed by atoms with Crippen molar-refractivity contribution >= 4 is 17.5 Å². The first kappa shape index (κ1) is 18.1. The summed E-state index contributed by atoms with van der Waals surface area (Å²) in [5.41, 5.74) is 2.90. The van der Waals surface area contributed by atoms with Crippen LogP contribution in [-0.4, -0.2) is 35.8 Å². The second-order valence-electron chi connectivity index (χ2n) is 6.78. The van der Waals surface area contributed by atoms with E-state index in [0.717, 1.165) is 38.0 Å². The van der Waals surface area contributed by atoms with Crippen LogP contribution in [0.1, 0.15) is 24.0 Å². The second kappa shape index (κ2) is 8.63. The zero-order valence-electron chi connectivity index (χ0n) is 15.1. The molecule has 0 radical (unpaired) electrons. The molecule has 1 fully saturated rings. The van der Waals surface area contributed by atoms with Gasteiger partial charge in [0.25, 0.3) is 0 Å². The number of aryl methyl sites for hydroxylation is 1. The highest BCUT2D eigenvalue weighted by Crippen LogP contribution is 2.15. The summed E-state index contributed by atoms with van der Waals surface area (Å²) in [7, 11) is 0. The summed E-state index contributed by atoms with van der Waals surface area (Å²) in [6, 6.07) is 17.9. The molecule has 0 saturated carbocycles. The number of amides is 2. The van der Waals surface area contributed by atoms with Crippen LogP contribution < -0.4 is 10.6 Å². The van der Waals surface area contributed by atoms with Gasteiger partial charge in [0.05, 0.1) is 0 Å². The van der Waals surface area contributed by atoms with Crippen molar-refractivity contribution in [2.24, 2.45) is 0 Å². The average molecular weight is 351 g/mol. The zero-order valence-corrected chi connectivity index (χ0v) is 15.1. The fraction of sp³-hybridized carbons (Fsp3) is 0.333. The highest BCUT2D eigenvalue weighted by molar-refractivity contribution is 6.39. The van der Waals surface area contributed by atoms with Gasteiger partial charge >= 0.3 is 11.8 Å². The molecule has 26 heavy (non-hydrogen) atoms. The van der Waals surface area contributed by atoms with Crippen molar-refractivity contribution in [1.82, 2.24) is 10.2 Å². The normalized spacial score (nSPS) is 15.4. The number of hydrogen-bond donors (Lipinski definition) is 2. The van der Waals surface area contributed by atoms with Crippen molar-refractivity contribution in [2.75, 3.05) is 18.4 Å². The maximum atomic E-state index is 12.2. The van der Waals surface area contributed by atoms with Crippen molar-refractivity contribution in [3.63, 3.8) is 0 Å². The van der Waals surface area contributed by atoms with E-state index < -0.39 is 11.8 Å². The van der Waals surface area contributed by atoms with E-state index in [1.807, 2.05) is 31.2 Å². The monoisotopic (exact) mass is 351 g/mol. The van der Waals surface area contributed by atoms with E-state index in [-0.39, 0.29) is 6.04 Å². The predicted octanol–water partition coefficient (Wildman–Crippen LogP) is 2.71. The van der Waals surface area contributed by atoms with E-state index in [2.05, 4.69) is 39.8 Å². The number of carbonyl (C=O) groups is 2. The maximum absolute atomic E-state index is 12.2. The van der Waals surface area contributed by atoms with Crippen LogP contribution >= 0.6 is 0 Å². The van der Waals surface area contributed by atoms with E-state index in [4.69, 9.17) is 0 Å². The first-order valence-electron chi connectivity index (χ1n) is 9.05. The van der Waals surface area contributed by atoms with E-state index in [1.165, 1.54) is 5.56 Å². The van der Waals surface area contributed by atoms with Crippen molar-refractivity contribution in [3.8, 4) is 0 Å². The van der Waals surface area contributed by atoms with Gasteiger partial charge < -0.3 is 10.6 Å². The lowest BCUT2D eigenvalue weighted by molar-refractivity contribution is -0.136. The van der Waals surface area contributed by atoms with Crippen LogP contribution in [0.4, 0.5) is 5.69 Å². The molecule has 5 nitrogen and oxygen atoms in total. The lowest BCUT2D eigenvalue weighted by Gasteiger charge is -2.32. The van der Waals surface area contributed by atoms with Crippen molar-refractivity contribution < 1.29 is 9.59 Å². The van der Waals surface area contributed by atoms with Crippen LogP contribution in [0.2, 0.25) is 0 Å². The SMILES string of the molecule is Cc1ccccc1NC(=O)C(=O)NC1CCN(Cc2ccccc2)CC1. The minimum Gasteiger partial charge on any atom is -0.345 e. The molecule has 1 saturated heterocycles. The molecule has 1 aliphatic heterocycles. The Morgan fingerprint density at radius 1 is 0.962 bits per heavy atom. The quantitative estimate of drug-likeness (QED) is 0.833. The first-order chi connectivity index (χ1) is 12.6. The Balaban J connectivity index is 1.44. The molecule has 0 unspecified atom stereocenters. The van der Waals surface area contributed by atoms with Crippen LogP contribution in [0.15, 0.2) is 54.6 Å². The van der Waals surface area contributed by atoms with Crippen molar-refractivity contribution in [2.45, 2.75) is 32.4 Å². The van der Waals surface area contributed by atoms with Gasteiger partial charge in [-0.1, -0.05) is 48.5 Å². The highest BCUT2D eigenvalue weighted by atomic mass is 16.2. The van der Waals surface area contributed by atoms with Gasteiger partial charge in [0.2, 0.25) is 0 Å². The van der Waals surface area contributed by atoms with Gasteiger partial charge in [-0.3, -0.25) is 14.5 Å². The Labute approximate surface area is 154 Å². The van der Waals surface area contributed by atoms with Crippen LogP contribution in [0.3, 0.4) is 0 Å². The van der Waals surface area contributed by atoms with Gasteiger partial charge in [-0.25, -0.2) is 0 Å². The predicted molar refractivity (Wildman–Crippen MR) is 103 cm³/mol. The number of anilines is 1. The molecular formula is C21H25N3O2. The molecule has 2 amide bonds. The molecule has 136 valence electrons. The first-order valence-corrected chi connectivity index (χ1v) is 9.05. The number of benzene rings is 2. The molecule has 2 N–H and O–H groups in total. The second-order valence-corrected chi connectivity index (χ2v) is 6.78. The highest BCUT2D eigenvalue weighted by Gasteiger charge is 2.23. The lowest BCUT2D eigenvalue weighted by atomic mass is 10.0. The minimum atomic E-state index is -0.606. The molecule has 0 bridgehead atoms. The van der Waals surface area contributed by atoms with E-state index in [0.29, 0.717) is 5.69 Å². The number of nitrogens with zero attached hydrogens (tertiary/aromatic N) is 1. The molecule has 1 heterocycles. The third-order valence-corrected chi connectivity index (χ3v) is 4.77. The number of nitrogens with one attached hydrogen (secondary N) is 2. The molecule has 0 spiro atoms. The van der Waals surface area contributed by atoms with Gasteiger partial charge in [-0.15, -0.1) is 0 Å². The largest absolute Gasteiger partial charge is 0.345 e. The van der Waals surface area contributed by atoms with Crippen LogP contribution in [0.25, 0.3) is 0 Å². The summed E-state index contributed by atoms with van der Waals surface area (Å²) in [4.78, 5) is 26.7. The summed E-state index contributed by atoms with van der Waals surface area (Å²) in [5, 5.41) is 5.54. The van der Waals surface area contributed by atoms with Gasteiger partial charge in [0, 0.05) is 31.4 Å². The van der Waals surface area contributed by atoms with Crippen molar-refractivity contribution in [1.29, 1.82) is 0 Å². The van der Waals surface area contributed by atoms with Gasteiger partial charge in [0.15, 0.2) is 0 Å². The van der Waals surface area contributed by atoms with E-state index in [1.54, 1.807) is 6.07 Å². The topological polar surface area (TPSA) is 61.4 Å². The zero-order chi connectivity index (χ0) is 18.4. The van der Waals surface area contributed by atoms with E-state index >= 15 is 0 Å². The maximum Gasteiger partial charge on any atom is 0.313 e. The standard InChI is InChI=1S/C21H25N3O2/c1-16-7-5-6-10-19(16)23-21(26)20(25)22-18-11-13-24(14-12-18)15-17-8-3-2-4-9-17/h2-10,18H,11-15H2,1H3,(H,22,25)(H,23,26). The minimum absolute atomic E-state index is 0.0529. The molecule has 3 rings (SSSR count). The number of piperidine rings is 1. The fourth-order valence-corrected chi connectivity index (χ4v) is 3.22. The smallest absolute Gasteiger partial charge is 0.313 e. The third kappa shape index (κ3) is 4.92. The molecule has 5 heteroatoms. The summed E-state index contributed by atoms with van der Waals surface area (Å²) in [6.45, 7) is 4.66. The summed E-state index contributed by atoms with van der Waals surface area (Å²) >= 11 is 0. The number of hydrogen-bond acceptors (Lipinski definition) is 3. The third-order valence-electron chi connectivity index (χ3n) is 4.77. The molecule has 2 aromatic rings. The number of rotatable bonds is 4. The Hall–Kier alpha value is -2.66. The van der Waals surface area contributed by atoms with Crippen LogP contribution in [0.5, 0.6) is 0 Å².